The van der Waals surface area contributed by atoms with Gasteiger partial charge in [-0.15, -0.1) is 11.3 Å². The van der Waals surface area contributed by atoms with Gasteiger partial charge in [0.15, 0.2) is 0 Å². The van der Waals surface area contributed by atoms with E-state index in [1.807, 2.05) is 11.3 Å². The lowest BCUT2D eigenvalue weighted by Crippen LogP contribution is -2.36. The molecule has 0 saturated carbocycles. The molecule has 1 rings (SSSR count). The molecule has 86 valence electrons. The lowest BCUT2D eigenvalue weighted by atomic mass is 10.2. The van der Waals surface area contributed by atoms with E-state index < -0.39 is 0 Å². The minimum Gasteiger partial charge on any atom is -0.316 e. The summed E-state index contributed by atoms with van der Waals surface area (Å²) in [5, 5.41) is 5.51. The second kappa shape index (κ2) is 6.99. The van der Waals surface area contributed by atoms with Gasteiger partial charge in [0.25, 0.3) is 0 Å². The SMILES string of the molecule is CCNCCN(C)C(C)Cc1cccs1. The van der Waals surface area contributed by atoms with Crippen molar-refractivity contribution in [1.82, 2.24) is 10.2 Å². The number of hydrogen-bond donors (Lipinski definition) is 1. The summed E-state index contributed by atoms with van der Waals surface area (Å²) in [6, 6.07) is 4.98. The van der Waals surface area contributed by atoms with E-state index in [1.165, 1.54) is 11.3 Å². The molecule has 0 aliphatic rings. The van der Waals surface area contributed by atoms with Crippen molar-refractivity contribution in [2.45, 2.75) is 26.3 Å². The Labute approximate surface area is 97.3 Å². The molecule has 0 fully saturated rings. The van der Waals surface area contributed by atoms with Gasteiger partial charge >= 0.3 is 0 Å². The van der Waals surface area contributed by atoms with Crippen LogP contribution in [0, 0.1) is 0 Å². The van der Waals surface area contributed by atoms with Crippen LogP contribution in [0.15, 0.2) is 17.5 Å². The van der Waals surface area contributed by atoms with Crippen LogP contribution < -0.4 is 5.32 Å². The number of likely N-dealkylation sites (N-methyl/N-ethyl adjacent to an activating group) is 2. The van der Waals surface area contributed by atoms with Crippen LogP contribution in [0.1, 0.15) is 18.7 Å². The fourth-order valence-electron chi connectivity index (χ4n) is 1.53. The first-order valence-electron chi connectivity index (χ1n) is 5.67. The first-order valence-corrected chi connectivity index (χ1v) is 6.55. The molecule has 0 radical (unpaired) electrons. The van der Waals surface area contributed by atoms with Crippen molar-refractivity contribution in [2.75, 3.05) is 26.7 Å². The molecule has 0 spiro atoms. The minimum atomic E-state index is 0.627. The highest BCUT2D eigenvalue weighted by atomic mass is 32.1. The molecule has 15 heavy (non-hydrogen) atoms. The van der Waals surface area contributed by atoms with Crippen LogP contribution in [0.4, 0.5) is 0 Å². The molecular weight excluding hydrogens is 204 g/mol. The standard InChI is InChI=1S/C12H22N2S/c1-4-13-7-8-14(3)11(2)10-12-6-5-9-15-12/h5-6,9,11,13H,4,7-8,10H2,1-3H3. The zero-order valence-electron chi connectivity index (χ0n) is 9.99. The second-order valence-electron chi connectivity index (χ2n) is 3.97. The van der Waals surface area contributed by atoms with E-state index in [2.05, 4.69) is 48.6 Å². The molecule has 3 heteroatoms. The number of thiophene rings is 1. The van der Waals surface area contributed by atoms with E-state index in [0.29, 0.717) is 6.04 Å². The van der Waals surface area contributed by atoms with Gasteiger partial charge in [0, 0.05) is 24.0 Å². The van der Waals surface area contributed by atoms with Gasteiger partial charge in [0.1, 0.15) is 0 Å². The van der Waals surface area contributed by atoms with Crippen LogP contribution in [-0.2, 0) is 6.42 Å². The molecule has 1 aromatic rings. The number of hydrogen-bond acceptors (Lipinski definition) is 3. The Kier molecular flexibility index (Phi) is 5.91. The lowest BCUT2D eigenvalue weighted by Gasteiger charge is -2.24. The molecule has 1 atom stereocenters. The summed E-state index contributed by atoms with van der Waals surface area (Å²) in [4.78, 5) is 3.90. The quantitative estimate of drug-likeness (QED) is 0.717. The molecule has 2 nitrogen and oxygen atoms in total. The maximum absolute atomic E-state index is 3.35. The molecule has 1 unspecified atom stereocenters. The van der Waals surface area contributed by atoms with Crippen LogP contribution in [0.25, 0.3) is 0 Å². The van der Waals surface area contributed by atoms with Crippen molar-refractivity contribution in [3.05, 3.63) is 22.4 Å². The van der Waals surface area contributed by atoms with E-state index in [1.54, 1.807) is 0 Å². The average molecular weight is 226 g/mol. The molecule has 0 amide bonds. The fraction of sp³-hybridized carbons (Fsp3) is 0.667. The zero-order valence-corrected chi connectivity index (χ0v) is 10.8. The van der Waals surface area contributed by atoms with Crippen LogP contribution in [0.2, 0.25) is 0 Å². The highest BCUT2D eigenvalue weighted by Crippen LogP contribution is 2.13. The highest BCUT2D eigenvalue weighted by Gasteiger charge is 2.09. The van der Waals surface area contributed by atoms with Crippen LogP contribution >= 0.6 is 11.3 Å². The van der Waals surface area contributed by atoms with Gasteiger partial charge in [-0.05, 0) is 38.4 Å². The van der Waals surface area contributed by atoms with Crippen molar-refractivity contribution < 1.29 is 0 Å². The molecule has 0 aliphatic carbocycles. The van der Waals surface area contributed by atoms with Crippen molar-refractivity contribution in [1.29, 1.82) is 0 Å². The third-order valence-corrected chi connectivity index (χ3v) is 3.62. The van der Waals surface area contributed by atoms with Crippen LogP contribution in [-0.4, -0.2) is 37.6 Å². The van der Waals surface area contributed by atoms with Crippen molar-refractivity contribution in [2.24, 2.45) is 0 Å². The normalized spacial score (nSPS) is 13.3. The van der Waals surface area contributed by atoms with Crippen molar-refractivity contribution in [3.8, 4) is 0 Å². The first kappa shape index (κ1) is 12.7. The molecule has 0 saturated heterocycles. The van der Waals surface area contributed by atoms with Gasteiger partial charge in [-0.2, -0.15) is 0 Å². The number of nitrogens with zero attached hydrogens (tertiary/aromatic N) is 1. The zero-order chi connectivity index (χ0) is 11.1. The largest absolute Gasteiger partial charge is 0.316 e. The van der Waals surface area contributed by atoms with Gasteiger partial charge in [0.2, 0.25) is 0 Å². The Morgan fingerprint density at radius 2 is 2.33 bits per heavy atom. The Morgan fingerprint density at radius 3 is 2.93 bits per heavy atom. The van der Waals surface area contributed by atoms with E-state index in [-0.39, 0.29) is 0 Å². The van der Waals surface area contributed by atoms with Crippen molar-refractivity contribution in [3.63, 3.8) is 0 Å². The summed E-state index contributed by atoms with van der Waals surface area (Å²) < 4.78 is 0. The maximum atomic E-state index is 3.35. The molecule has 0 bridgehead atoms. The maximum Gasteiger partial charge on any atom is 0.0113 e. The van der Waals surface area contributed by atoms with Gasteiger partial charge in [-0.3, -0.25) is 0 Å². The van der Waals surface area contributed by atoms with E-state index >= 15 is 0 Å². The van der Waals surface area contributed by atoms with Gasteiger partial charge in [0.05, 0.1) is 0 Å². The predicted molar refractivity (Wildman–Crippen MR) is 68.7 cm³/mol. The van der Waals surface area contributed by atoms with Gasteiger partial charge in [-0.1, -0.05) is 13.0 Å². The monoisotopic (exact) mass is 226 g/mol. The van der Waals surface area contributed by atoms with E-state index in [0.717, 1.165) is 19.6 Å². The third-order valence-electron chi connectivity index (χ3n) is 2.72. The molecule has 1 aromatic heterocycles. The molecule has 1 N–H and O–H groups in total. The molecular formula is C12H22N2S. The summed E-state index contributed by atoms with van der Waals surface area (Å²) in [5.74, 6) is 0. The summed E-state index contributed by atoms with van der Waals surface area (Å²) >= 11 is 1.85. The Balaban J connectivity index is 2.23. The minimum absolute atomic E-state index is 0.627. The van der Waals surface area contributed by atoms with Crippen molar-refractivity contribution >= 4 is 11.3 Å². The highest BCUT2D eigenvalue weighted by molar-refractivity contribution is 7.09. The van der Waals surface area contributed by atoms with E-state index in [4.69, 9.17) is 0 Å². The molecule has 0 aliphatic heterocycles. The third kappa shape index (κ3) is 4.78. The Bertz CT molecular complexity index is 246. The average Bonchev–Trinajstić information content (AvgIpc) is 2.70. The Hall–Kier alpha value is -0.380. The lowest BCUT2D eigenvalue weighted by molar-refractivity contribution is 0.257. The first-order chi connectivity index (χ1) is 7.24. The number of rotatable bonds is 7. The fourth-order valence-corrected chi connectivity index (χ4v) is 2.35. The number of nitrogens with one attached hydrogen (secondary N) is 1. The summed E-state index contributed by atoms with van der Waals surface area (Å²) in [5.41, 5.74) is 0. The van der Waals surface area contributed by atoms with Gasteiger partial charge in [-0.25, -0.2) is 0 Å². The summed E-state index contributed by atoms with van der Waals surface area (Å²) in [6.07, 6.45) is 1.17. The molecule has 1 heterocycles. The molecule has 0 aromatic carbocycles. The summed E-state index contributed by atoms with van der Waals surface area (Å²) in [6.45, 7) is 7.72. The smallest absolute Gasteiger partial charge is 0.0113 e. The Morgan fingerprint density at radius 1 is 1.53 bits per heavy atom. The van der Waals surface area contributed by atoms with Gasteiger partial charge < -0.3 is 10.2 Å². The second-order valence-corrected chi connectivity index (χ2v) is 5.00. The van der Waals surface area contributed by atoms with Crippen LogP contribution in [0.5, 0.6) is 0 Å². The topological polar surface area (TPSA) is 15.3 Å². The predicted octanol–water partition coefficient (Wildman–Crippen LogP) is 2.22. The summed E-state index contributed by atoms with van der Waals surface area (Å²) in [7, 11) is 2.20. The van der Waals surface area contributed by atoms with Crippen LogP contribution in [0.3, 0.4) is 0 Å². The van der Waals surface area contributed by atoms with E-state index in [9.17, 15) is 0 Å².